The van der Waals surface area contributed by atoms with Gasteiger partial charge in [-0.1, -0.05) is 42.5 Å². The highest BCUT2D eigenvalue weighted by Gasteiger charge is 2.30. The number of rotatable bonds is 13. The molecular weight excluding hydrogens is 530 g/mol. The number of nitrogens with one attached hydrogen (secondary N) is 1. The summed E-state index contributed by atoms with van der Waals surface area (Å²) in [5.74, 6) is 0.309. The molecule has 0 aromatic heterocycles. The molecule has 0 fully saturated rings. The second kappa shape index (κ2) is 13.8. The second-order valence-electron chi connectivity index (χ2n) is 9.75. The summed E-state index contributed by atoms with van der Waals surface area (Å²) >= 11 is 0. The fourth-order valence-corrected chi connectivity index (χ4v) is 4.87. The molecule has 3 aromatic rings. The summed E-state index contributed by atoms with van der Waals surface area (Å²) in [5, 5.41) is 2.83. The van der Waals surface area contributed by atoms with Crippen LogP contribution >= 0.6 is 0 Å². The molecule has 0 aliphatic rings. The molecule has 0 radical (unpaired) electrons. The van der Waals surface area contributed by atoms with E-state index in [1.54, 1.807) is 56.5 Å². The first-order chi connectivity index (χ1) is 19.0. The molecule has 3 rings (SSSR count). The molecule has 0 saturated heterocycles. The molecule has 0 unspecified atom stereocenters. The van der Waals surface area contributed by atoms with Crippen LogP contribution in [0.4, 0.5) is 5.69 Å². The number of sulfonamides is 1. The van der Waals surface area contributed by atoms with Crippen molar-refractivity contribution in [2.75, 3.05) is 24.2 Å². The van der Waals surface area contributed by atoms with Gasteiger partial charge in [-0.15, -0.1) is 0 Å². The number of hydrogen-bond acceptors (Lipinski definition) is 6. The Kier molecular flexibility index (Phi) is 10.6. The van der Waals surface area contributed by atoms with Gasteiger partial charge >= 0.3 is 0 Å². The Morgan fingerprint density at radius 3 is 2.12 bits per heavy atom. The molecule has 0 aliphatic carbocycles. The van der Waals surface area contributed by atoms with Crippen molar-refractivity contribution in [2.24, 2.45) is 0 Å². The van der Waals surface area contributed by atoms with Gasteiger partial charge in [-0.25, -0.2) is 8.42 Å². The topological polar surface area (TPSA) is 105 Å². The van der Waals surface area contributed by atoms with Crippen LogP contribution in [-0.2, 0) is 32.8 Å². The minimum atomic E-state index is -3.84. The van der Waals surface area contributed by atoms with Crippen molar-refractivity contribution >= 4 is 27.5 Å². The van der Waals surface area contributed by atoms with E-state index in [1.165, 1.54) is 4.90 Å². The normalized spacial score (nSPS) is 11.9. The number of anilines is 1. The zero-order valence-electron chi connectivity index (χ0n) is 23.5. The number of carbonyl (C=O) groups is 2. The Hall–Kier alpha value is -4.05. The zero-order chi connectivity index (χ0) is 29.3. The average molecular weight is 568 g/mol. The Labute approximate surface area is 236 Å². The number of benzene rings is 3. The molecule has 0 heterocycles. The van der Waals surface area contributed by atoms with E-state index in [0.29, 0.717) is 23.8 Å². The number of amides is 2. The second-order valence-corrected chi connectivity index (χ2v) is 11.7. The van der Waals surface area contributed by atoms with E-state index in [4.69, 9.17) is 9.47 Å². The summed E-state index contributed by atoms with van der Waals surface area (Å²) in [6.45, 7) is 5.26. The Balaban J connectivity index is 1.83. The summed E-state index contributed by atoms with van der Waals surface area (Å²) in [5.41, 5.74) is 2.05. The van der Waals surface area contributed by atoms with Gasteiger partial charge in [0.05, 0.1) is 19.1 Å². The van der Waals surface area contributed by atoms with Crippen LogP contribution in [0.2, 0.25) is 0 Å². The number of carbonyl (C=O) groups excluding carboxylic acids is 2. The minimum Gasteiger partial charge on any atom is -0.497 e. The van der Waals surface area contributed by atoms with Gasteiger partial charge in [-0.05, 0) is 68.3 Å². The smallest absolute Gasteiger partial charge is 0.244 e. The third kappa shape index (κ3) is 8.74. The molecule has 9 nitrogen and oxygen atoms in total. The van der Waals surface area contributed by atoms with Gasteiger partial charge in [0.25, 0.3) is 0 Å². The van der Waals surface area contributed by atoms with Gasteiger partial charge in [0.2, 0.25) is 21.8 Å². The zero-order valence-corrected chi connectivity index (χ0v) is 24.4. The highest BCUT2D eigenvalue weighted by atomic mass is 32.2. The molecule has 1 N–H and O–H groups in total. The van der Waals surface area contributed by atoms with Crippen LogP contribution in [0, 0.1) is 0 Å². The predicted octanol–water partition coefficient (Wildman–Crippen LogP) is 3.98. The maximum Gasteiger partial charge on any atom is 0.244 e. The van der Waals surface area contributed by atoms with Gasteiger partial charge < -0.3 is 19.7 Å². The number of methoxy groups -OCH3 is 1. The SMILES string of the molecule is COc1cccc(CN(C(=O)CN(c2ccc(OCc3ccccc3)cc2)S(C)(=O)=O)[C@@H](C)C(=O)NC(C)C)c1. The van der Waals surface area contributed by atoms with Crippen molar-refractivity contribution in [1.82, 2.24) is 10.2 Å². The summed E-state index contributed by atoms with van der Waals surface area (Å²) < 4.78 is 37.7. The number of hydrogen-bond donors (Lipinski definition) is 1. The largest absolute Gasteiger partial charge is 0.497 e. The number of ether oxygens (including phenoxy) is 2. The van der Waals surface area contributed by atoms with E-state index >= 15 is 0 Å². The molecular formula is C30H37N3O6S. The lowest BCUT2D eigenvalue weighted by Crippen LogP contribution is -2.52. The molecule has 0 bridgehead atoms. The van der Waals surface area contributed by atoms with E-state index in [9.17, 15) is 18.0 Å². The van der Waals surface area contributed by atoms with Crippen molar-refractivity contribution < 1.29 is 27.5 Å². The molecule has 10 heteroatoms. The quantitative estimate of drug-likeness (QED) is 0.335. The third-order valence-electron chi connectivity index (χ3n) is 6.14. The van der Waals surface area contributed by atoms with Crippen molar-refractivity contribution in [2.45, 2.75) is 46.0 Å². The van der Waals surface area contributed by atoms with E-state index < -0.39 is 28.5 Å². The highest BCUT2D eigenvalue weighted by molar-refractivity contribution is 7.92. The van der Waals surface area contributed by atoms with Crippen LogP contribution in [0.3, 0.4) is 0 Å². The van der Waals surface area contributed by atoms with Crippen molar-refractivity contribution in [3.8, 4) is 11.5 Å². The van der Waals surface area contributed by atoms with Gasteiger partial charge in [0, 0.05) is 12.6 Å². The molecule has 40 heavy (non-hydrogen) atoms. The first-order valence-corrected chi connectivity index (χ1v) is 14.8. The summed E-state index contributed by atoms with van der Waals surface area (Å²) in [7, 11) is -2.29. The van der Waals surface area contributed by atoms with Crippen molar-refractivity contribution in [1.29, 1.82) is 0 Å². The molecule has 214 valence electrons. The van der Waals surface area contributed by atoms with Gasteiger partial charge in [0.15, 0.2) is 0 Å². The molecule has 2 amide bonds. The first-order valence-electron chi connectivity index (χ1n) is 12.9. The van der Waals surface area contributed by atoms with Crippen LogP contribution in [0.1, 0.15) is 31.9 Å². The standard InChI is InChI=1S/C30H37N3O6S/c1-22(2)31-30(35)23(3)32(19-25-12-9-13-28(18-25)38-4)29(34)20-33(40(5,36)37)26-14-16-27(17-15-26)39-21-24-10-7-6-8-11-24/h6-18,22-23H,19-21H2,1-5H3,(H,31,35)/t23-/m0/s1. The summed E-state index contributed by atoms with van der Waals surface area (Å²) in [6.07, 6.45) is 1.04. The average Bonchev–Trinajstić information content (AvgIpc) is 2.93. The lowest BCUT2D eigenvalue weighted by atomic mass is 10.1. The number of nitrogens with zero attached hydrogens (tertiary/aromatic N) is 2. The van der Waals surface area contributed by atoms with Crippen LogP contribution in [-0.4, -0.2) is 57.1 Å². The molecule has 3 aromatic carbocycles. The van der Waals surface area contributed by atoms with Crippen LogP contribution in [0.5, 0.6) is 11.5 Å². The fraction of sp³-hybridized carbons (Fsp3) is 0.333. The van der Waals surface area contributed by atoms with Crippen LogP contribution in [0.25, 0.3) is 0 Å². The fourth-order valence-electron chi connectivity index (χ4n) is 4.02. The molecule has 0 aliphatic heterocycles. The van der Waals surface area contributed by atoms with Gasteiger partial charge in [0.1, 0.15) is 30.7 Å². The van der Waals surface area contributed by atoms with E-state index in [1.807, 2.05) is 50.2 Å². The maximum atomic E-state index is 13.7. The van der Waals surface area contributed by atoms with Crippen molar-refractivity contribution in [3.63, 3.8) is 0 Å². The van der Waals surface area contributed by atoms with E-state index in [2.05, 4.69) is 5.32 Å². The Morgan fingerprint density at radius 1 is 0.875 bits per heavy atom. The Morgan fingerprint density at radius 2 is 1.52 bits per heavy atom. The third-order valence-corrected chi connectivity index (χ3v) is 7.28. The van der Waals surface area contributed by atoms with Crippen molar-refractivity contribution in [3.05, 3.63) is 90.0 Å². The van der Waals surface area contributed by atoms with E-state index in [-0.39, 0.29) is 18.5 Å². The first kappa shape index (κ1) is 30.5. The summed E-state index contributed by atoms with van der Waals surface area (Å²) in [6, 6.07) is 22.4. The monoisotopic (exact) mass is 567 g/mol. The van der Waals surface area contributed by atoms with Crippen LogP contribution < -0.4 is 19.1 Å². The lowest BCUT2D eigenvalue weighted by molar-refractivity contribution is -0.139. The minimum absolute atomic E-state index is 0.0899. The maximum absolute atomic E-state index is 13.7. The lowest BCUT2D eigenvalue weighted by Gasteiger charge is -2.32. The van der Waals surface area contributed by atoms with Gasteiger partial charge in [-0.2, -0.15) is 0 Å². The predicted molar refractivity (Wildman–Crippen MR) is 156 cm³/mol. The van der Waals surface area contributed by atoms with Crippen LogP contribution in [0.15, 0.2) is 78.9 Å². The van der Waals surface area contributed by atoms with E-state index in [0.717, 1.165) is 21.7 Å². The molecule has 1 atom stereocenters. The van der Waals surface area contributed by atoms with Gasteiger partial charge in [-0.3, -0.25) is 13.9 Å². The summed E-state index contributed by atoms with van der Waals surface area (Å²) in [4.78, 5) is 27.9. The molecule has 0 saturated carbocycles. The Bertz CT molecular complexity index is 1380. The molecule has 0 spiro atoms. The highest BCUT2D eigenvalue weighted by Crippen LogP contribution is 2.23.